The predicted octanol–water partition coefficient (Wildman–Crippen LogP) is 2.18. The Morgan fingerprint density at radius 3 is 3.06 bits per heavy atom. The van der Waals surface area contributed by atoms with Crippen molar-refractivity contribution >= 4 is 5.69 Å². The highest BCUT2D eigenvalue weighted by Gasteiger charge is 2.37. The molecule has 1 spiro atoms. The molecule has 0 aromatic heterocycles. The molecule has 3 nitrogen and oxygen atoms in total. The Labute approximate surface area is 103 Å². The minimum atomic E-state index is 0.0619. The molecule has 0 amide bonds. The summed E-state index contributed by atoms with van der Waals surface area (Å²) in [7, 11) is 1.96. The van der Waals surface area contributed by atoms with Gasteiger partial charge in [-0.15, -0.1) is 0 Å². The van der Waals surface area contributed by atoms with E-state index in [0.29, 0.717) is 0 Å². The molecule has 1 fully saturated rings. The fourth-order valence-corrected chi connectivity index (χ4v) is 2.92. The zero-order chi connectivity index (χ0) is 11.7. The number of rotatable bonds is 1. The summed E-state index contributed by atoms with van der Waals surface area (Å²) in [6, 6.07) is 6.41. The SMILES string of the molecule is CNc1ccc2c(c1)CCC1(CCCNC1)O2. The van der Waals surface area contributed by atoms with Crippen LogP contribution in [-0.2, 0) is 6.42 Å². The first-order chi connectivity index (χ1) is 8.31. The van der Waals surface area contributed by atoms with E-state index in [1.54, 1.807) is 0 Å². The first-order valence-electron chi connectivity index (χ1n) is 6.52. The van der Waals surface area contributed by atoms with Crippen LogP contribution in [0.3, 0.4) is 0 Å². The lowest BCUT2D eigenvalue weighted by Crippen LogP contribution is -2.51. The van der Waals surface area contributed by atoms with Gasteiger partial charge in [0.1, 0.15) is 11.4 Å². The second-order valence-electron chi connectivity index (χ2n) is 5.14. The Morgan fingerprint density at radius 1 is 1.35 bits per heavy atom. The molecule has 0 saturated carbocycles. The van der Waals surface area contributed by atoms with E-state index in [4.69, 9.17) is 4.74 Å². The smallest absolute Gasteiger partial charge is 0.123 e. The van der Waals surface area contributed by atoms with Gasteiger partial charge in [0.2, 0.25) is 0 Å². The van der Waals surface area contributed by atoms with Crippen molar-refractivity contribution in [1.29, 1.82) is 0 Å². The normalized spacial score (nSPS) is 27.4. The van der Waals surface area contributed by atoms with E-state index < -0.39 is 0 Å². The van der Waals surface area contributed by atoms with Gasteiger partial charge < -0.3 is 15.4 Å². The molecule has 2 heterocycles. The van der Waals surface area contributed by atoms with Gasteiger partial charge >= 0.3 is 0 Å². The maximum Gasteiger partial charge on any atom is 0.123 e. The molecule has 1 aromatic carbocycles. The van der Waals surface area contributed by atoms with Crippen molar-refractivity contribution in [2.24, 2.45) is 0 Å². The Bertz CT molecular complexity index is 411. The van der Waals surface area contributed by atoms with Gasteiger partial charge in [-0.1, -0.05) is 0 Å². The molecule has 0 aliphatic carbocycles. The molecule has 2 aliphatic rings. The number of benzene rings is 1. The first-order valence-corrected chi connectivity index (χ1v) is 6.52. The minimum Gasteiger partial charge on any atom is -0.486 e. The van der Waals surface area contributed by atoms with Crippen LogP contribution in [0, 0.1) is 0 Å². The van der Waals surface area contributed by atoms with Gasteiger partial charge in [-0.2, -0.15) is 0 Å². The molecule has 17 heavy (non-hydrogen) atoms. The molecule has 92 valence electrons. The van der Waals surface area contributed by atoms with Crippen molar-refractivity contribution in [3.63, 3.8) is 0 Å². The van der Waals surface area contributed by atoms with Crippen molar-refractivity contribution in [3.8, 4) is 5.75 Å². The van der Waals surface area contributed by atoms with Crippen LogP contribution in [0.1, 0.15) is 24.8 Å². The van der Waals surface area contributed by atoms with E-state index in [-0.39, 0.29) is 5.60 Å². The summed E-state index contributed by atoms with van der Waals surface area (Å²) < 4.78 is 6.27. The first kappa shape index (κ1) is 10.9. The number of aryl methyl sites for hydroxylation is 1. The van der Waals surface area contributed by atoms with Gasteiger partial charge in [-0.05, 0) is 56.0 Å². The molecule has 2 N–H and O–H groups in total. The van der Waals surface area contributed by atoms with E-state index >= 15 is 0 Å². The van der Waals surface area contributed by atoms with E-state index in [9.17, 15) is 0 Å². The fraction of sp³-hybridized carbons (Fsp3) is 0.571. The van der Waals surface area contributed by atoms with Gasteiger partial charge in [0.25, 0.3) is 0 Å². The Hall–Kier alpha value is -1.22. The zero-order valence-corrected chi connectivity index (χ0v) is 10.4. The van der Waals surface area contributed by atoms with Crippen LogP contribution < -0.4 is 15.4 Å². The molecule has 3 heteroatoms. The summed E-state index contributed by atoms with van der Waals surface area (Å²) in [6.45, 7) is 2.14. The summed E-state index contributed by atoms with van der Waals surface area (Å²) in [6.07, 6.45) is 4.68. The van der Waals surface area contributed by atoms with Crippen molar-refractivity contribution < 1.29 is 4.74 Å². The van der Waals surface area contributed by atoms with Crippen LogP contribution in [0.2, 0.25) is 0 Å². The number of hydrogen-bond donors (Lipinski definition) is 2. The lowest BCUT2D eigenvalue weighted by atomic mass is 9.85. The van der Waals surface area contributed by atoms with E-state index in [2.05, 4.69) is 28.8 Å². The summed E-state index contributed by atoms with van der Waals surface area (Å²) in [4.78, 5) is 0. The third-order valence-corrected chi connectivity index (χ3v) is 3.96. The number of ether oxygens (including phenoxy) is 1. The summed E-state index contributed by atoms with van der Waals surface area (Å²) in [5, 5.41) is 6.64. The Balaban J connectivity index is 1.85. The maximum atomic E-state index is 6.27. The van der Waals surface area contributed by atoms with Gasteiger partial charge in [-0.25, -0.2) is 0 Å². The topological polar surface area (TPSA) is 33.3 Å². The molecular weight excluding hydrogens is 212 g/mol. The number of nitrogens with one attached hydrogen (secondary N) is 2. The van der Waals surface area contributed by atoms with E-state index in [0.717, 1.165) is 31.7 Å². The Morgan fingerprint density at radius 2 is 2.29 bits per heavy atom. The fourth-order valence-electron chi connectivity index (χ4n) is 2.92. The van der Waals surface area contributed by atoms with Crippen molar-refractivity contribution in [1.82, 2.24) is 5.32 Å². The highest BCUT2D eigenvalue weighted by Crippen LogP contribution is 2.37. The molecule has 0 radical (unpaired) electrons. The lowest BCUT2D eigenvalue weighted by molar-refractivity contribution is 0.0229. The van der Waals surface area contributed by atoms with Crippen LogP contribution in [0.25, 0.3) is 0 Å². The van der Waals surface area contributed by atoms with Crippen LogP contribution in [0.4, 0.5) is 5.69 Å². The van der Waals surface area contributed by atoms with E-state index in [1.807, 2.05) is 7.05 Å². The van der Waals surface area contributed by atoms with Gasteiger partial charge in [0.05, 0.1) is 0 Å². The number of hydrogen-bond acceptors (Lipinski definition) is 3. The summed E-state index contributed by atoms with van der Waals surface area (Å²) in [5.41, 5.74) is 2.57. The average molecular weight is 232 g/mol. The van der Waals surface area contributed by atoms with Gasteiger partial charge in [0, 0.05) is 19.3 Å². The molecule has 0 bridgehead atoms. The van der Waals surface area contributed by atoms with E-state index in [1.165, 1.54) is 24.1 Å². The maximum absolute atomic E-state index is 6.27. The predicted molar refractivity (Wildman–Crippen MR) is 69.8 cm³/mol. The largest absolute Gasteiger partial charge is 0.486 e. The third-order valence-electron chi connectivity index (χ3n) is 3.96. The highest BCUT2D eigenvalue weighted by molar-refractivity contribution is 5.51. The number of piperidine rings is 1. The van der Waals surface area contributed by atoms with Crippen LogP contribution >= 0.6 is 0 Å². The highest BCUT2D eigenvalue weighted by atomic mass is 16.5. The van der Waals surface area contributed by atoms with Gasteiger partial charge in [0.15, 0.2) is 0 Å². The second-order valence-corrected chi connectivity index (χ2v) is 5.14. The molecule has 1 saturated heterocycles. The second kappa shape index (κ2) is 4.22. The number of anilines is 1. The minimum absolute atomic E-state index is 0.0619. The number of fused-ring (bicyclic) bond motifs is 1. The third kappa shape index (κ3) is 2.00. The molecule has 3 rings (SSSR count). The molecule has 2 aliphatic heterocycles. The molecular formula is C14H20N2O. The van der Waals surface area contributed by atoms with Crippen LogP contribution in [-0.4, -0.2) is 25.7 Å². The van der Waals surface area contributed by atoms with Crippen molar-refractivity contribution in [2.45, 2.75) is 31.3 Å². The standard InChI is InChI=1S/C14H20N2O/c1-15-12-3-4-13-11(9-12)5-7-14(17-13)6-2-8-16-10-14/h3-4,9,15-16H,2,5-8,10H2,1H3. The van der Waals surface area contributed by atoms with Gasteiger partial charge in [-0.3, -0.25) is 0 Å². The molecule has 1 atom stereocenters. The molecule has 1 aromatic rings. The zero-order valence-electron chi connectivity index (χ0n) is 10.4. The van der Waals surface area contributed by atoms with Crippen molar-refractivity contribution in [2.75, 3.05) is 25.5 Å². The summed E-state index contributed by atoms with van der Waals surface area (Å²) in [5.74, 6) is 1.08. The monoisotopic (exact) mass is 232 g/mol. The van der Waals surface area contributed by atoms with Crippen molar-refractivity contribution in [3.05, 3.63) is 23.8 Å². The quantitative estimate of drug-likeness (QED) is 0.778. The van der Waals surface area contributed by atoms with Crippen LogP contribution in [0.15, 0.2) is 18.2 Å². The molecule has 1 unspecified atom stereocenters. The lowest BCUT2D eigenvalue weighted by Gasteiger charge is -2.41. The summed E-state index contributed by atoms with van der Waals surface area (Å²) >= 11 is 0. The Kier molecular flexibility index (Phi) is 2.71. The van der Waals surface area contributed by atoms with Crippen LogP contribution in [0.5, 0.6) is 5.75 Å². The average Bonchev–Trinajstić information content (AvgIpc) is 2.39.